The van der Waals surface area contributed by atoms with Crippen LogP contribution in [0, 0.1) is 11.5 Å². The third-order valence-electron chi connectivity index (χ3n) is 2.53. The van der Waals surface area contributed by atoms with Gasteiger partial charge in [-0.15, -0.1) is 0 Å². The number of amides is 1. The lowest BCUT2D eigenvalue weighted by molar-refractivity contribution is 0.0303. The zero-order chi connectivity index (χ0) is 14.1. The van der Waals surface area contributed by atoms with Crippen LogP contribution >= 0.6 is 0 Å². The lowest BCUT2D eigenvalue weighted by Crippen LogP contribution is -2.32. The molecule has 1 aromatic rings. The van der Waals surface area contributed by atoms with Crippen molar-refractivity contribution in [2.45, 2.75) is 26.4 Å². The number of carbonyl (C=O) groups is 1. The van der Waals surface area contributed by atoms with Crippen molar-refractivity contribution >= 4 is 11.9 Å². The highest BCUT2D eigenvalue weighted by Gasteiger charge is 2.07. The molecule has 0 aliphatic heterocycles. The first kappa shape index (κ1) is 15.2. The van der Waals surface area contributed by atoms with Crippen molar-refractivity contribution in [3.8, 4) is 0 Å². The van der Waals surface area contributed by atoms with Gasteiger partial charge in [0.25, 0.3) is 0 Å². The maximum Gasteiger partial charge on any atom is 0.412 e. The molecule has 0 fully saturated rings. The Morgan fingerprint density at radius 3 is 2.74 bits per heavy atom. The van der Waals surface area contributed by atoms with Crippen LogP contribution in [0.4, 0.5) is 4.79 Å². The normalized spacial score (nSPS) is 11.7. The average molecular weight is 263 g/mol. The largest absolute Gasteiger partial charge is 0.447 e. The monoisotopic (exact) mass is 263 g/mol. The van der Waals surface area contributed by atoms with Crippen molar-refractivity contribution in [2.75, 3.05) is 13.2 Å². The fourth-order valence-electron chi connectivity index (χ4n) is 1.27. The number of benzene rings is 1. The van der Waals surface area contributed by atoms with E-state index in [2.05, 4.69) is 11.4 Å². The molecule has 5 nitrogen and oxygen atoms in total. The van der Waals surface area contributed by atoms with Crippen molar-refractivity contribution in [3.63, 3.8) is 0 Å². The quantitative estimate of drug-likeness (QED) is 0.470. The first-order valence-electron chi connectivity index (χ1n) is 6.24. The minimum absolute atomic E-state index is 0.00171. The van der Waals surface area contributed by atoms with Gasteiger partial charge in [0.2, 0.25) is 0 Å². The fourth-order valence-corrected chi connectivity index (χ4v) is 1.27. The van der Waals surface area contributed by atoms with E-state index in [1.54, 1.807) is 24.3 Å². The minimum atomic E-state index is -0.648. The molecule has 0 aliphatic carbocycles. The number of nitrogens with one attached hydrogen (secondary N) is 2. The molecule has 1 amide bonds. The smallest absolute Gasteiger partial charge is 0.412 e. The lowest BCUT2D eigenvalue weighted by Gasteiger charge is -2.11. The van der Waals surface area contributed by atoms with E-state index in [0.29, 0.717) is 12.2 Å². The number of carbonyl (C=O) groups excluding carboxylic acids is 1. The summed E-state index contributed by atoms with van der Waals surface area (Å²) in [5.74, 6) is 0.00171. The Bertz CT molecular complexity index is 406. The number of alkyl carbamates (subject to hydrolysis) is 1. The molecule has 1 radical (unpaired) electrons. The van der Waals surface area contributed by atoms with Crippen LogP contribution < -0.4 is 5.32 Å². The van der Waals surface area contributed by atoms with E-state index in [1.165, 1.54) is 0 Å². The summed E-state index contributed by atoms with van der Waals surface area (Å²) < 4.78 is 10.3. The molecular weight excluding hydrogens is 244 g/mol. The second kappa shape index (κ2) is 8.26. The van der Waals surface area contributed by atoms with Crippen LogP contribution in [0.25, 0.3) is 0 Å². The van der Waals surface area contributed by atoms with Gasteiger partial charge in [0.05, 0.1) is 12.7 Å². The highest BCUT2D eigenvalue weighted by Crippen LogP contribution is 1.98. The van der Waals surface area contributed by atoms with Gasteiger partial charge < -0.3 is 9.47 Å². The van der Waals surface area contributed by atoms with Gasteiger partial charge >= 0.3 is 6.09 Å². The van der Waals surface area contributed by atoms with Crippen LogP contribution in [0.1, 0.15) is 25.8 Å². The van der Waals surface area contributed by atoms with Crippen LogP contribution in [0.5, 0.6) is 0 Å². The highest BCUT2D eigenvalue weighted by atomic mass is 16.6. The summed E-state index contributed by atoms with van der Waals surface area (Å²) in [6.45, 7) is 4.51. The van der Waals surface area contributed by atoms with E-state index in [4.69, 9.17) is 14.9 Å². The van der Waals surface area contributed by atoms with E-state index in [9.17, 15) is 4.79 Å². The summed E-state index contributed by atoms with van der Waals surface area (Å²) in [5.41, 5.74) is 0.603. The second-order valence-electron chi connectivity index (χ2n) is 4.01. The molecule has 0 bridgehead atoms. The molecule has 0 saturated carbocycles. The van der Waals surface area contributed by atoms with Crippen LogP contribution in [0.2, 0.25) is 0 Å². The standard InChI is InChI=1S/C14H19N2O3/c1-3-11(2)18-9-10-19-14(17)16-13(15)12-7-5-4-6-8-12/h5-8,11H,3,9-10H2,1-2H3,(H2,15,16,17). The maximum absolute atomic E-state index is 11.4. The zero-order valence-electron chi connectivity index (χ0n) is 11.2. The molecule has 2 N–H and O–H groups in total. The van der Waals surface area contributed by atoms with Crippen LogP contribution in [0.3, 0.4) is 0 Å². The molecule has 1 aromatic carbocycles. The molecule has 103 valence electrons. The van der Waals surface area contributed by atoms with E-state index in [0.717, 1.165) is 6.42 Å². The van der Waals surface area contributed by atoms with Crippen molar-refractivity contribution in [1.29, 1.82) is 5.41 Å². The molecule has 0 heterocycles. The third kappa shape index (κ3) is 6.01. The Morgan fingerprint density at radius 1 is 1.42 bits per heavy atom. The molecule has 0 spiro atoms. The van der Waals surface area contributed by atoms with Crippen molar-refractivity contribution in [1.82, 2.24) is 5.32 Å². The van der Waals surface area contributed by atoms with Gasteiger partial charge in [-0.1, -0.05) is 31.2 Å². The topological polar surface area (TPSA) is 71.4 Å². The summed E-state index contributed by atoms with van der Waals surface area (Å²) in [4.78, 5) is 11.4. The first-order valence-corrected chi connectivity index (χ1v) is 6.24. The van der Waals surface area contributed by atoms with Crippen LogP contribution in [0.15, 0.2) is 24.3 Å². The lowest BCUT2D eigenvalue weighted by atomic mass is 10.2. The molecule has 19 heavy (non-hydrogen) atoms. The summed E-state index contributed by atoms with van der Waals surface area (Å²) in [6, 6.07) is 9.57. The Kier molecular flexibility index (Phi) is 6.60. The third-order valence-corrected chi connectivity index (χ3v) is 2.53. The first-order chi connectivity index (χ1) is 9.13. The zero-order valence-corrected chi connectivity index (χ0v) is 11.2. The molecule has 0 aromatic heterocycles. The summed E-state index contributed by atoms with van der Waals surface area (Å²) in [7, 11) is 0. The number of amidine groups is 1. The fraction of sp³-hybridized carbons (Fsp3) is 0.429. The van der Waals surface area contributed by atoms with Crippen LogP contribution in [-0.4, -0.2) is 31.2 Å². The number of hydrogen-bond donors (Lipinski definition) is 2. The van der Waals surface area contributed by atoms with Gasteiger partial charge in [0.15, 0.2) is 0 Å². The van der Waals surface area contributed by atoms with E-state index in [-0.39, 0.29) is 18.5 Å². The number of ether oxygens (including phenoxy) is 2. The van der Waals surface area contributed by atoms with Crippen LogP contribution in [-0.2, 0) is 9.47 Å². The molecule has 0 aliphatic rings. The van der Waals surface area contributed by atoms with Gasteiger partial charge in [0, 0.05) is 5.56 Å². The predicted octanol–water partition coefficient (Wildman–Crippen LogP) is 2.35. The van der Waals surface area contributed by atoms with Gasteiger partial charge in [-0.25, -0.2) is 4.79 Å². The predicted molar refractivity (Wildman–Crippen MR) is 72.3 cm³/mol. The molecule has 1 unspecified atom stereocenters. The maximum atomic E-state index is 11.4. The summed E-state index contributed by atoms with van der Waals surface area (Å²) >= 11 is 0. The molecule has 0 saturated heterocycles. The minimum Gasteiger partial charge on any atom is -0.447 e. The molecule has 1 rings (SSSR count). The summed E-state index contributed by atoms with van der Waals surface area (Å²) in [5, 5.41) is 10.0. The average Bonchev–Trinajstić information content (AvgIpc) is 2.44. The Balaban J connectivity index is 2.23. The second-order valence-corrected chi connectivity index (χ2v) is 4.01. The van der Waals surface area contributed by atoms with Crippen molar-refractivity contribution in [3.05, 3.63) is 35.9 Å². The van der Waals surface area contributed by atoms with Gasteiger partial charge in [-0.2, -0.15) is 0 Å². The molecular formula is C14H19N2O3. The van der Waals surface area contributed by atoms with Crippen molar-refractivity contribution < 1.29 is 14.3 Å². The summed E-state index contributed by atoms with van der Waals surface area (Å²) in [6.07, 6.45) is 0.429. The van der Waals surface area contributed by atoms with E-state index in [1.807, 2.05) is 13.8 Å². The number of rotatable bonds is 6. The molecule has 5 heteroatoms. The highest BCUT2D eigenvalue weighted by molar-refractivity contribution is 6.04. The van der Waals surface area contributed by atoms with E-state index >= 15 is 0 Å². The van der Waals surface area contributed by atoms with Gasteiger partial charge in [-0.3, -0.25) is 10.7 Å². The Morgan fingerprint density at radius 2 is 2.11 bits per heavy atom. The van der Waals surface area contributed by atoms with Crippen molar-refractivity contribution in [2.24, 2.45) is 0 Å². The Hall–Kier alpha value is -1.88. The van der Waals surface area contributed by atoms with E-state index < -0.39 is 6.09 Å². The van der Waals surface area contributed by atoms with Gasteiger partial charge in [-0.05, 0) is 19.4 Å². The van der Waals surface area contributed by atoms with Gasteiger partial charge in [0.1, 0.15) is 12.4 Å². The number of hydrogen-bond acceptors (Lipinski definition) is 4. The molecule has 1 atom stereocenters. The SMILES string of the molecule is CCC(C)OCCOC(=O)NC(=N)c1cc[c]cc1. The Labute approximate surface area is 113 Å².